The van der Waals surface area contributed by atoms with Crippen molar-refractivity contribution < 1.29 is 180 Å². The van der Waals surface area contributed by atoms with Crippen molar-refractivity contribution in [3.05, 3.63) is 0 Å². The van der Waals surface area contributed by atoms with E-state index in [1.807, 2.05) is 0 Å². The number of aliphatic hydroxyl groups excluding tert-OH is 16. The van der Waals surface area contributed by atoms with Gasteiger partial charge in [0.1, 0.15) is 24.4 Å². The average molecular weight is 1370 g/mol. The van der Waals surface area contributed by atoms with Crippen molar-refractivity contribution in [2.45, 2.75) is 98.9 Å². The van der Waals surface area contributed by atoms with Gasteiger partial charge in [0, 0.05) is 125 Å². The first-order valence-electron chi connectivity index (χ1n) is 26.0. The monoisotopic (exact) mass is 1370 g/mol. The standard InChI is InChI=1S/C46H85N9O28.Gd/c56-17-1-26(60)35(72)39(76)43(80)47-5-9-54(10-6-48-44(81)40(77)36(73)27(61)2-18-57)30(64)21-52(24-33(68)69)15-13-51(23-32(66)67)14-16-53(25-34(70)71)22-31(65)55(11-7-49-45(82)41(78)37(74)28(62)3-19-58)12-8-50-46(83)42(79)38(75)29(63)4-20-59;/h26-29,35-42,56-63,72-79H,1-25H2,(H,47,80)(H,48,81)(H,49,82)(H,50,83)(H,66,67)(H,68,69)(H,70,71);/q;+3/p-3/t26-,27-,28-,29-,35-,36-,37-,38-,39+,40+,41+,42+;/m0./s1. The third kappa shape index (κ3) is 33.1. The fraction of sp³-hybridized carbons (Fsp3) is 0.804. The van der Waals surface area contributed by atoms with E-state index in [0.717, 1.165) is 24.5 Å². The molecule has 0 aliphatic carbocycles. The quantitative estimate of drug-likeness (QED) is 0.0269. The Balaban J connectivity index is 0. The predicted octanol–water partition coefficient (Wildman–Crippen LogP) is -18.9. The van der Waals surface area contributed by atoms with E-state index in [9.17, 15) is 120 Å². The molecular weight excluding hydrogens is 1280 g/mol. The molecule has 0 unspecified atom stereocenters. The Bertz CT molecular complexity index is 1770. The average Bonchev–Trinajstić information content (AvgIpc) is 3.44. The van der Waals surface area contributed by atoms with Crippen LogP contribution in [0.5, 0.6) is 0 Å². The van der Waals surface area contributed by atoms with Gasteiger partial charge < -0.3 is 142 Å². The zero-order valence-corrected chi connectivity index (χ0v) is 48.0. The molecule has 0 heterocycles. The van der Waals surface area contributed by atoms with E-state index < -0.39 is 290 Å². The third-order valence-electron chi connectivity index (χ3n) is 12.3. The van der Waals surface area contributed by atoms with Crippen LogP contribution in [0.15, 0.2) is 0 Å². The summed E-state index contributed by atoms with van der Waals surface area (Å²) in [5.41, 5.74) is 0. The predicted molar refractivity (Wildman–Crippen MR) is 268 cm³/mol. The molecule has 0 aliphatic heterocycles. The van der Waals surface area contributed by atoms with Gasteiger partial charge in [-0.1, -0.05) is 0 Å². The minimum Gasteiger partial charge on any atom is -0.549 e. The Morgan fingerprint density at radius 2 is 0.524 bits per heavy atom. The fourth-order valence-corrected chi connectivity index (χ4v) is 7.47. The fourth-order valence-electron chi connectivity index (χ4n) is 7.47. The second kappa shape index (κ2) is 45.1. The van der Waals surface area contributed by atoms with Crippen LogP contribution in [-0.2, 0) is 43.2 Å². The zero-order valence-electron chi connectivity index (χ0n) is 45.7. The van der Waals surface area contributed by atoms with Crippen molar-refractivity contribution in [1.29, 1.82) is 0 Å². The molecule has 84 heavy (non-hydrogen) atoms. The van der Waals surface area contributed by atoms with Crippen LogP contribution >= 0.6 is 0 Å². The van der Waals surface area contributed by atoms with Crippen LogP contribution in [0.2, 0.25) is 0 Å². The maximum absolute atomic E-state index is 13.8. The first-order valence-corrected chi connectivity index (χ1v) is 26.0. The largest absolute Gasteiger partial charge is 3.00 e. The van der Waals surface area contributed by atoms with Gasteiger partial charge in [-0.15, -0.1) is 0 Å². The molecule has 0 aromatic carbocycles. The van der Waals surface area contributed by atoms with Crippen molar-refractivity contribution in [3.8, 4) is 0 Å². The zero-order chi connectivity index (χ0) is 63.5. The van der Waals surface area contributed by atoms with Crippen molar-refractivity contribution >= 4 is 53.4 Å². The van der Waals surface area contributed by atoms with Crippen molar-refractivity contribution in [3.63, 3.8) is 0 Å². The Morgan fingerprint density at radius 3 is 0.726 bits per heavy atom. The SMILES string of the molecule is O=C([O-])CN(CCN(CC(=O)[O-])CC(=O)N(CCNC(=O)[C@H](O)[C@@H](O)[C@@H](O)CCO)CCNC(=O)[C@H](O)[C@@H](O)[C@@H](O)CCO)CCN(CC(=O)[O-])CC(=O)N(CCNC(=O)[C@H](O)[C@@H](O)[C@@H](O)CCO)CCNC(=O)[C@H](O)[C@@H](O)[C@@H](O)CCO.[Gd+3]. The van der Waals surface area contributed by atoms with E-state index in [1.165, 1.54) is 0 Å². The van der Waals surface area contributed by atoms with E-state index in [2.05, 4.69) is 21.3 Å². The summed E-state index contributed by atoms with van der Waals surface area (Å²) in [6.45, 7) is -13.1. The first kappa shape index (κ1) is 81.9. The van der Waals surface area contributed by atoms with Gasteiger partial charge in [0.15, 0.2) is 24.4 Å². The van der Waals surface area contributed by atoms with Gasteiger partial charge >= 0.3 is 39.9 Å². The number of amides is 6. The molecule has 0 aromatic rings. The smallest absolute Gasteiger partial charge is 0.549 e. The minimum absolute atomic E-state index is 0. The molecule has 6 amide bonds. The van der Waals surface area contributed by atoms with Crippen LogP contribution in [0.4, 0.5) is 0 Å². The molecule has 20 N–H and O–H groups in total. The molecule has 38 heteroatoms. The summed E-state index contributed by atoms with van der Waals surface area (Å²) in [6, 6.07) is 0. The number of rotatable bonds is 48. The van der Waals surface area contributed by atoms with E-state index >= 15 is 0 Å². The Kier molecular flexibility index (Phi) is 44.0. The van der Waals surface area contributed by atoms with Crippen molar-refractivity contribution in [1.82, 2.24) is 45.8 Å². The number of aliphatic hydroxyl groups is 16. The number of carboxylic acid groups (broad SMARTS) is 3. The number of nitrogens with zero attached hydrogens (tertiary/aromatic N) is 5. The van der Waals surface area contributed by atoms with Crippen LogP contribution in [0.25, 0.3) is 0 Å². The Morgan fingerprint density at radius 1 is 0.321 bits per heavy atom. The molecule has 12 atom stereocenters. The molecule has 487 valence electrons. The van der Waals surface area contributed by atoms with Gasteiger partial charge in [-0.3, -0.25) is 43.5 Å². The number of hydrogen-bond acceptors (Lipinski definition) is 31. The topological polar surface area (TPSA) is 611 Å². The second-order valence-corrected chi connectivity index (χ2v) is 18.8. The van der Waals surface area contributed by atoms with Gasteiger partial charge in [0.2, 0.25) is 11.8 Å². The molecule has 0 aliphatic rings. The van der Waals surface area contributed by atoms with E-state index in [4.69, 9.17) is 20.4 Å². The van der Waals surface area contributed by atoms with Crippen LogP contribution in [0.1, 0.15) is 25.7 Å². The molecule has 37 nitrogen and oxygen atoms in total. The summed E-state index contributed by atoms with van der Waals surface area (Å²) in [6.07, 6.45) is -25.9. The second-order valence-electron chi connectivity index (χ2n) is 18.8. The summed E-state index contributed by atoms with van der Waals surface area (Å²) < 4.78 is 0. The number of nitrogens with one attached hydrogen (secondary N) is 4. The number of aliphatic carboxylic acids is 3. The van der Waals surface area contributed by atoms with Crippen LogP contribution < -0.4 is 36.6 Å². The summed E-state index contributed by atoms with van der Waals surface area (Å²) in [5, 5.41) is 201. The summed E-state index contributed by atoms with van der Waals surface area (Å²) in [4.78, 5) is 118. The molecule has 0 spiro atoms. The summed E-state index contributed by atoms with van der Waals surface area (Å²) in [5.74, 6) is -12.2. The Hall–Kier alpha value is -4.21. The van der Waals surface area contributed by atoms with Crippen LogP contribution in [-0.4, -0.2) is 370 Å². The molecule has 0 saturated carbocycles. The summed E-state index contributed by atoms with van der Waals surface area (Å²) in [7, 11) is 0. The van der Waals surface area contributed by atoms with Gasteiger partial charge in [0.05, 0.1) is 55.4 Å². The number of carbonyl (C=O) groups is 9. The first-order chi connectivity index (χ1) is 39.0. The molecule has 0 aromatic heterocycles. The number of carbonyl (C=O) groups excluding carboxylic acids is 9. The minimum atomic E-state index is -2.24. The van der Waals surface area contributed by atoms with E-state index in [0.29, 0.717) is 0 Å². The molecule has 0 bridgehead atoms. The van der Waals surface area contributed by atoms with Gasteiger partial charge in [-0.05, 0) is 25.7 Å². The van der Waals surface area contributed by atoms with E-state index in [-0.39, 0.29) is 39.9 Å². The molecule has 0 fully saturated rings. The maximum atomic E-state index is 13.8. The normalized spacial score (nSPS) is 15.8. The molecule has 0 saturated heterocycles. The summed E-state index contributed by atoms with van der Waals surface area (Å²) >= 11 is 0. The Labute approximate surface area is 513 Å². The number of carboxylic acids is 3. The molecule has 1 radical (unpaired) electrons. The van der Waals surface area contributed by atoms with E-state index in [1.54, 1.807) is 0 Å². The van der Waals surface area contributed by atoms with Crippen LogP contribution in [0, 0.1) is 39.9 Å². The number of hydrogen-bond donors (Lipinski definition) is 20. The van der Waals surface area contributed by atoms with Crippen molar-refractivity contribution in [2.75, 3.05) is 138 Å². The molecule has 0 rings (SSSR count). The van der Waals surface area contributed by atoms with Gasteiger partial charge in [-0.2, -0.15) is 0 Å². The van der Waals surface area contributed by atoms with Crippen molar-refractivity contribution in [2.24, 2.45) is 0 Å². The van der Waals surface area contributed by atoms with Gasteiger partial charge in [-0.25, -0.2) is 0 Å². The van der Waals surface area contributed by atoms with Gasteiger partial charge in [0.25, 0.3) is 23.6 Å². The van der Waals surface area contributed by atoms with Crippen LogP contribution in [0.3, 0.4) is 0 Å². The third-order valence-corrected chi connectivity index (χ3v) is 12.3. The maximum Gasteiger partial charge on any atom is 3.00 e. The molecular formula is C46H82GdN9O28.